The summed E-state index contributed by atoms with van der Waals surface area (Å²) in [6.07, 6.45) is 17.8. The maximum Gasteiger partial charge on any atom is 0.407 e. The van der Waals surface area contributed by atoms with E-state index in [4.69, 9.17) is 32.3 Å². The molecule has 0 bridgehead atoms. The molecule has 2 aromatic carbocycles. The molecule has 3 aliphatic carbocycles. The van der Waals surface area contributed by atoms with E-state index in [-0.39, 0.29) is 65.8 Å². The van der Waals surface area contributed by atoms with Gasteiger partial charge in [-0.15, -0.1) is 56.7 Å². The molecule has 3 saturated carbocycles. The molecule has 3 amide bonds. The maximum absolute atomic E-state index is 13.5. The quantitative estimate of drug-likeness (QED) is 0.0127. The van der Waals surface area contributed by atoms with E-state index in [2.05, 4.69) is 101 Å². The Kier molecular flexibility index (Phi) is 31.9. The van der Waals surface area contributed by atoms with Gasteiger partial charge in [0.15, 0.2) is 0 Å². The molecule has 7 aromatic rings. The lowest BCUT2D eigenvalue weighted by molar-refractivity contribution is -0.121. The van der Waals surface area contributed by atoms with Crippen LogP contribution in [0.15, 0.2) is 72.9 Å². The SMILES string of the molecule is CC(=O)N[C@@H](Cc1cc(F)cc(F)c1)[C@H](O)CNC1(c2cnc(CC(C)C)s2)CC1.CC(C)(C)OC(=O)N[C@@H](Cc1cc(F)cc(F)c1)[C@H]1CO1.CC(C)Cc1ncc(C2(C(N)=O)CC2)s1.CC(C)Cc1ncc(C2(N)CC2)s1.CCOC(=O)c1cncs1.[C-]#[N+]Cc1cnc(CC(C)C)s1. The number of nitrogens with zero attached hydrogens (tertiary/aromatic N) is 6. The highest BCUT2D eigenvalue weighted by molar-refractivity contribution is 7.13. The molecule has 19 nitrogen and oxygen atoms in total. The van der Waals surface area contributed by atoms with Gasteiger partial charge in [0.25, 0.3) is 0 Å². The third-order valence-electron chi connectivity index (χ3n) is 15.7. The molecule has 4 atom stereocenters. The summed E-state index contributed by atoms with van der Waals surface area (Å²) < 4.78 is 68.5. The highest BCUT2D eigenvalue weighted by Crippen LogP contribution is 2.50. The number of aliphatic hydroxyl groups is 1. The van der Waals surface area contributed by atoms with Gasteiger partial charge in [-0.05, 0) is 138 Å². The van der Waals surface area contributed by atoms with Crippen molar-refractivity contribution >= 4 is 80.6 Å². The fourth-order valence-electron chi connectivity index (χ4n) is 10.1. The topological polar surface area (TPSA) is 276 Å². The Hall–Kier alpha value is -6.68. The molecule has 0 radical (unpaired) electrons. The first kappa shape index (κ1) is 83.3. The van der Waals surface area contributed by atoms with E-state index in [1.807, 2.05) is 24.8 Å². The standard InChI is InChI=1S/C22H29F2N3O2S.C15H19F2NO3.C11H16N2OS.C10H16N2S.C9H12N2S.C6H7NO2S/c1-13(2)6-21-25-12-20(30-21)22(4-5-22)26-11-19(29)18(27-14(3)28)9-15-7-16(23)10-17(24)8-15;1-15(2,3)21-14(19)18-12(13-8-20-13)6-9-4-10(16)7-11(17)5-9;1-7(2)5-9-13-6-8(15-9)11(3-4-11)10(12)14;1-7(2)5-9-12-6-8(13-9)10(11)3-4-10;1-7(2)4-9-11-6-8(12-9)5-10-3;1-2-9-6(8)5-3-7-4-10-5/h7-8,10,12-13,18-19,26,29H,4-6,9,11H2,1-3H3,(H,27,28);4-5,7,12-13H,6,8H2,1-3H3,(H,18,19);6-7H,3-5H2,1-2H3,(H2,12,14);6-7H,3-5,11H2,1-2H3;6-7H,4-5H2,1-2H3;3-4H,2H2,1H3/t18-,19+;12-,13+;;;;/m00..../s1. The molecule has 0 spiro atoms. The molecule has 28 heteroatoms. The van der Waals surface area contributed by atoms with E-state index >= 15 is 0 Å². The number of ether oxygens (including phenoxy) is 3. The maximum atomic E-state index is 13.5. The molecule has 552 valence electrons. The molecule has 1 aliphatic heterocycles. The monoisotopic (exact) mass is 1490 g/mol. The van der Waals surface area contributed by atoms with Gasteiger partial charge < -0.3 is 51.6 Å². The fourth-order valence-corrected chi connectivity index (χ4v) is 15.7. The Labute approximate surface area is 611 Å². The first-order chi connectivity index (χ1) is 47.6. The lowest BCUT2D eigenvalue weighted by Gasteiger charge is -2.26. The number of primary amides is 1. The Morgan fingerprint density at radius 2 is 1.16 bits per heavy atom. The molecule has 1 saturated heterocycles. The van der Waals surface area contributed by atoms with Crippen molar-refractivity contribution in [2.75, 3.05) is 19.8 Å². The molecule has 4 aliphatic rings. The second-order valence-electron chi connectivity index (χ2n) is 28.4. The number of halogens is 4. The highest BCUT2D eigenvalue weighted by Gasteiger charge is 2.51. The first-order valence-corrected chi connectivity index (χ1v) is 38.2. The number of carbonyl (C=O) groups excluding carboxylic acids is 4. The van der Waals surface area contributed by atoms with Gasteiger partial charge >= 0.3 is 12.1 Å². The second kappa shape index (κ2) is 38.7. The highest BCUT2D eigenvalue weighted by atomic mass is 32.1. The first-order valence-electron chi connectivity index (χ1n) is 34.1. The van der Waals surface area contributed by atoms with Crippen LogP contribution in [0.3, 0.4) is 0 Å². The van der Waals surface area contributed by atoms with Gasteiger partial charge in [0.1, 0.15) is 44.7 Å². The van der Waals surface area contributed by atoms with Crippen molar-refractivity contribution < 1.29 is 56.1 Å². The largest absolute Gasteiger partial charge is 0.462 e. The number of hydrogen-bond acceptors (Lipinski definition) is 20. The summed E-state index contributed by atoms with van der Waals surface area (Å²) in [5.41, 5.74) is 12.8. The number of aromatic nitrogens is 5. The average molecular weight is 1490 g/mol. The summed E-state index contributed by atoms with van der Waals surface area (Å²) >= 11 is 8.09. The van der Waals surface area contributed by atoms with Gasteiger partial charge in [0.2, 0.25) is 18.4 Å². The zero-order valence-corrected chi connectivity index (χ0v) is 64.1. The summed E-state index contributed by atoms with van der Waals surface area (Å²) in [5.74, 6) is -0.950. The number of carbonyl (C=O) groups is 4. The summed E-state index contributed by atoms with van der Waals surface area (Å²) in [4.78, 5) is 75.3. The van der Waals surface area contributed by atoms with Crippen LogP contribution in [0, 0.1) is 53.5 Å². The number of hydrogen-bond donors (Lipinski definition) is 6. The molecule has 0 unspecified atom stereocenters. The number of epoxide rings is 1. The van der Waals surface area contributed by atoms with Crippen LogP contribution in [0.25, 0.3) is 4.85 Å². The van der Waals surface area contributed by atoms with Crippen molar-refractivity contribution in [3.8, 4) is 0 Å². The van der Waals surface area contributed by atoms with Crippen molar-refractivity contribution in [3.05, 3.63) is 163 Å². The van der Waals surface area contributed by atoms with Gasteiger partial charge in [-0.3, -0.25) is 14.6 Å². The van der Waals surface area contributed by atoms with Crippen molar-refractivity contribution in [3.63, 3.8) is 0 Å². The molecule has 4 fully saturated rings. The molecular weight excluding hydrogens is 1400 g/mol. The molecule has 8 N–H and O–H groups in total. The molecule has 5 aromatic heterocycles. The van der Waals surface area contributed by atoms with Gasteiger partial charge in [-0.25, -0.2) is 53.7 Å². The number of thiazole rings is 5. The normalized spacial score (nSPS) is 16.3. The van der Waals surface area contributed by atoms with Crippen molar-refractivity contribution in [1.82, 2.24) is 40.9 Å². The minimum Gasteiger partial charge on any atom is -0.462 e. The number of rotatable bonds is 26. The summed E-state index contributed by atoms with van der Waals surface area (Å²) in [6, 6.07) is 5.50. The van der Waals surface area contributed by atoms with Crippen LogP contribution in [0.4, 0.5) is 22.4 Å². The smallest absolute Gasteiger partial charge is 0.407 e. The number of benzene rings is 2. The molecule has 11 rings (SSSR count). The number of aliphatic hydroxyl groups excluding tert-OH is 1. The predicted molar refractivity (Wildman–Crippen MR) is 392 cm³/mol. The van der Waals surface area contributed by atoms with E-state index in [0.29, 0.717) is 59.4 Å². The zero-order chi connectivity index (χ0) is 74.4. The second-order valence-corrected chi connectivity index (χ2v) is 33.8. The Balaban J connectivity index is 0.000000199. The van der Waals surface area contributed by atoms with Crippen molar-refractivity contribution in [2.45, 2.75) is 220 Å². The van der Waals surface area contributed by atoms with Crippen molar-refractivity contribution in [2.24, 2.45) is 35.1 Å². The van der Waals surface area contributed by atoms with E-state index < -0.39 is 47.1 Å². The fraction of sp³-hybridized carbons (Fsp3) is 0.562. The van der Waals surface area contributed by atoms with E-state index in [9.17, 15) is 41.8 Å². The molecule has 6 heterocycles. The van der Waals surface area contributed by atoms with Crippen molar-refractivity contribution in [1.29, 1.82) is 0 Å². The molecular formula is C73H99F4N11O8S5. The van der Waals surface area contributed by atoms with E-state index in [1.165, 1.54) is 58.6 Å². The Morgan fingerprint density at radius 1 is 0.683 bits per heavy atom. The van der Waals surface area contributed by atoms with Crippen LogP contribution < -0.4 is 27.4 Å². The predicted octanol–water partition coefficient (Wildman–Crippen LogP) is 14.3. The minimum atomic E-state index is -0.916. The minimum absolute atomic E-state index is 0.00684. The van der Waals surface area contributed by atoms with Crippen LogP contribution in [0.2, 0.25) is 0 Å². The number of amides is 3. The van der Waals surface area contributed by atoms with E-state index in [1.54, 1.807) is 78.6 Å². The van der Waals surface area contributed by atoms with Crippen LogP contribution >= 0.6 is 56.7 Å². The lowest BCUT2D eigenvalue weighted by atomic mass is 10.00. The number of nitrogens with one attached hydrogen (secondary N) is 3. The van der Waals surface area contributed by atoms with Gasteiger partial charge in [0.05, 0.1) is 79.6 Å². The van der Waals surface area contributed by atoms with Gasteiger partial charge in [0, 0.05) is 90.7 Å². The van der Waals surface area contributed by atoms with Gasteiger partial charge in [-0.2, -0.15) is 0 Å². The van der Waals surface area contributed by atoms with Crippen LogP contribution in [0.5, 0.6) is 0 Å². The summed E-state index contributed by atoms with van der Waals surface area (Å²) in [6.45, 7) is 34.2. The molecule has 101 heavy (non-hydrogen) atoms. The van der Waals surface area contributed by atoms with Gasteiger partial charge in [-0.1, -0.05) is 55.4 Å². The number of alkyl carbamates (subject to hydrolysis) is 1. The average Bonchev–Trinajstić information content (AvgIpc) is 1.62. The third-order valence-corrected chi connectivity index (χ3v) is 21.1. The van der Waals surface area contributed by atoms with Crippen LogP contribution in [0.1, 0.15) is 189 Å². The number of esters is 1. The Morgan fingerprint density at radius 3 is 1.58 bits per heavy atom. The summed E-state index contributed by atoms with van der Waals surface area (Å²) in [7, 11) is 0. The number of nitrogens with two attached hydrogens (primary N) is 2. The third kappa shape index (κ3) is 29.2. The van der Waals surface area contributed by atoms with E-state index in [0.717, 1.165) is 106 Å². The lowest BCUT2D eigenvalue weighted by Crippen LogP contribution is -2.49. The zero-order valence-electron chi connectivity index (χ0n) is 60.1. The van der Waals surface area contributed by atoms with Crippen LogP contribution in [-0.4, -0.2) is 104 Å². The summed E-state index contributed by atoms with van der Waals surface area (Å²) in [5, 5.41) is 24.2. The van der Waals surface area contributed by atoms with Crippen LogP contribution in [-0.2, 0) is 85.4 Å². The Bertz CT molecular complexity index is 3750.